The molecule has 1 fully saturated rings. The summed E-state index contributed by atoms with van der Waals surface area (Å²) in [6.07, 6.45) is 0.419. The number of carbonyl (C=O) groups is 1. The highest BCUT2D eigenvalue weighted by molar-refractivity contribution is 7.89. The Hall–Kier alpha value is -2.45. The maximum Gasteiger partial charge on any atom is 0.241 e. The highest BCUT2D eigenvalue weighted by Crippen LogP contribution is 2.19. The van der Waals surface area contributed by atoms with E-state index in [2.05, 4.69) is 9.62 Å². The number of nitrogens with one attached hydrogen (secondary N) is 1. The third-order valence-corrected chi connectivity index (χ3v) is 6.90. The summed E-state index contributed by atoms with van der Waals surface area (Å²) in [4.78, 5) is 17.2. The number of carbonyl (C=O) groups excluding carboxylic acids is 1. The topological polar surface area (TPSA) is 69.7 Å². The third-order valence-electron chi connectivity index (χ3n) is 5.42. The first-order chi connectivity index (χ1) is 14.7. The predicted molar refractivity (Wildman–Crippen MR) is 120 cm³/mol. The molecule has 3 rings (SSSR count). The molecule has 1 atom stereocenters. The van der Waals surface area contributed by atoms with Crippen LogP contribution in [0, 0.1) is 18.7 Å². The Morgan fingerprint density at radius 1 is 1.00 bits per heavy atom. The van der Waals surface area contributed by atoms with Gasteiger partial charge in [0.05, 0.1) is 4.90 Å². The maximum atomic E-state index is 13.2. The molecule has 8 heteroatoms. The first-order valence-electron chi connectivity index (χ1n) is 10.5. The van der Waals surface area contributed by atoms with Crippen molar-refractivity contribution in [1.29, 1.82) is 0 Å². The Labute approximate surface area is 184 Å². The zero-order valence-electron chi connectivity index (χ0n) is 18.2. The molecule has 1 aliphatic rings. The normalized spacial score (nSPS) is 15.9. The van der Waals surface area contributed by atoms with Gasteiger partial charge in [-0.1, -0.05) is 31.5 Å². The van der Waals surface area contributed by atoms with Gasteiger partial charge >= 0.3 is 0 Å². The quantitative estimate of drug-likeness (QED) is 0.708. The molecule has 1 unspecified atom stereocenters. The van der Waals surface area contributed by atoms with E-state index >= 15 is 0 Å². The molecule has 0 spiro atoms. The predicted octanol–water partition coefficient (Wildman–Crippen LogP) is 3.18. The largest absolute Gasteiger partial charge is 0.368 e. The number of aryl methyl sites for hydroxylation is 1. The second-order valence-corrected chi connectivity index (χ2v) is 10.1. The van der Waals surface area contributed by atoms with Crippen molar-refractivity contribution in [3.05, 3.63) is 59.9 Å². The SMILES string of the molecule is Cc1ccc(S(=O)(=O)NC(CC(C)C)C(=O)N2CCN(c3ccc(F)cc3)CC2)cc1. The average Bonchev–Trinajstić information content (AvgIpc) is 2.73. The highest BCUT2D eigenvalue weighted by Gasteiger charge is 2.31. The van der Waals surface area contributed by atoms with Crippen molar-refractivity contribution in [2.45, 2.75) is 38.1 Å². The van der Waals surface area contributed by atoms with Gasteiger partial charge in [-0.25, -0.2) is 12.8 Å². The van der Waals surface area contributed by atoms with Gasteiger partial charge in [0, 0.05) is 31.9 Å². The van der Waals surface area contributed by atoms with Crippen molar-refractivity contribution in [3.8, 4) is 0 Å². The minimum atomic E-state index is -3.81. The molecule has 0 aromatic heterocycles. The lowest BCUT2D eigenvalue weighted by Gasteiger charge is -2.38. The second-order valence-electron chi connectivity index (χ2n) is 8.41. The number of anilines is 1. The fraction of sp³-hybridized carbons (Fsp3) is 0.435. The summed E-state index contributed by atoms with van der Waals surface area (Å²) in [6.45, 7) is 8.00. The van der Waals surface area contributed by atoms with Crippen LogP contribution in [0.25, 0.3) is 0 Å². The van der Waals surface area contributed by atoms with Gasteiger partial charge in [0.15, 0.2) is 0 Å². The van der Waals surface area contributed by atoms with E-state index in [1.165, 1.54) is 12.1 Å². The van der Waals surface area contributed by atoms with Gasteiger partial charge in [-0.3, -0.25) is 4.79 Å². The number of amides is 1. The highest BCUT2D eigenvalue weighted by atomic mass is 32.2. The van der Waals surface area contributed by atoms with Crippen LogP contribution in [0.1, 0.15) is 25.8 Å². The first kappa shape index (κ1) is 23.2. The van der Waals surface area contributed by atoms with Crippen molar-refractivity contribution >= 4 is 21.6 Å². The van der Waals surface area contributed by atoms with Crippen molar-refractivity contribution in [2.75, 3.05) is 31.1 Å². The van der Waals surface area contributed by atoms with Crippen LogP contribution in [0.2, 0.25) is 0 Å². The van der Waals surface area contributed by atoms with Crippen LogP contribution in [-0.2, 0) is 14.8 Å². The summed E-state index contributed by atoms with van der Waals surface area (Å²) in [6, 6.07) is 12.1. The summed E-state index contributed by atoms with van der Waals surface area (Å²) < 4.78 is 41.5. The monoisotopic (exact) mass is 447 g/mol. The molecule has 1 saturated heterocycles. The van der Waals surface area contributed by atoms with Crippen molar-refractivity contribution < 1.29 is 17.6 Å². The average molecular weight is 448 g/mol. The van der Waals surface area contributed by atoms with E-state index in [0.717, 1.165) is 11.3 Å². The summed E-state index contributed by atoms with van der Waals surface area (Å²) in [5.74, 6) is -0.340. The Kier molecular flexibility index (Phi) is 7.33. The molecule has 1 aliphatic heterocycles. The number of piperazine rings is 1. The zero-order chi connectivity index (χ0) is 22.6. The van der Waals surface area contributed by atoms with E-state index < -0.39 is 16.1 Å². The number of sulfonamides is 1. The summed E-state index contributed by atoms with van der Waals surface area (Å²) >= 11 is 0. The Bertz CT molecular complexity index is 984. The minimum Gasteiger partial charge on any atom is -0.368 e. The molecule has 0 saturated carbocycles. The molecule has 31 heavy (non-hydrogen) atoms. The molecule has 0 radical (unpaired) electrons. The number of benzene rings is 2. The van der Waals surface area contributed by atoms with Crippen LogP contribution >= 0.6 is 0 Å². The number of nitrogens with zero attached hydrogens (tertiary/aromatic N) is 2. The number of halogens is 1. The molecule has 168 valence electrons. The number of rotatable bonds is 7. The van der Waals surface area contributed by atoms with Gasteiger partial charge in [0.1, 0.15) is 11.9 Å². The molecule has 0 bridgehead atoms. The van der Waals surface area contributed by atoms with Gasteiger partial charge in [-0.2, -0.15) is 4.72 Å². The van der Waals surface area contributed by atoms with E-state index in [-0.39, 0.29) is 22.5 Å². The lowest BCUT2D eigenvalue weighted by Crippen LogP contribution is -2.55. The fourth-order valence-corrected chi connectivity index (χ4v) is 4.90. The molecular weight excluding hydrogens is 417 g/mol. The lowest BCUT2D eigenvalue weighted by atomic mass is 10.0. The molecule has 0 aliphatic carbocycles. The Balaban J connectivity index is 1.68. The van der Waals surface area contributed by atoms with E-state index in [0.29, 0.717) is 32.6 Å². The van der Waals surface area contributed by atoms with Crippen LogP contribution in [0.4, 0.5) is 10.1 Å². The Morgan fingerprint density at radius 2 is 1.58 bits per heavy atom. The van der Waals surface area contributed by atoms with Crippen LogP contribution in [-0.4, -0.2) is 51.4 Å². The van der Waals surface area contributed by atoms with Crippen molar-refractivity contribution in [2.24, 2.45) is 5.92 Å². The summed E-state index contributed by atoms with van der Waals surface area (Å²) in [5, 5.41) is 0. The molecule has 6 nitrogen and oxygen atoms in total. The summed E-state index contributed by atoms with van der Waals surface area (Å²) in [7, 11) is -3.81. The third kappa shape index (κ3) is 6.04. The van der Waals surface area contributed by atoms with E-state index in [1.807, 2.05) is 20.8 Å². The van der Waals surface area contributed by atoms with Gasteiger partial charge in [-0.15, -0.1) is 0 Å². The Morgan fingerprint density at radius 3 is 2.13 bits per heavy atom. The van der Waals surface area contributed by atoms with Gasteiger partial charge in [0.25, 0.3) is 0 Å². The second kappa shape index (κ2) is 9.78. The summed E-state index contributed by atoms with van der Waals surface area (Å²) in [5.41, 5.74) is 1.88. The number of hydrogen-bond donors (Lipinski definition) is 1. The molecule has 1 amide bonds. The van der Waals surface area contributed by atoms with Crippen LogP contribution in [0.3, 0.4) is 0 Å². The van der Waals surface area contributed by atoms with E-state index in [9.17, 15) is 17.6 Å². The van der Waals surface area contributed by atoms with Crippen LogP contribution in [0.15, 0.2) is 53.4 Å². The van der Waals surface area contributed by atoms with Crippen LogP contribution in [0.5, 0.6) is 0 Å². The van der Waals surface area contributed by atoms with Gasteiger partial charge in [0.2, 0.25) is 15.9 Å². The number of hydrogen-bond acceptors (Lipinski definition) is 4. The van der Waals surface area contributed by atoms with Gasteiger partial charge < -0.3 is 9.80 Å². The molecule has 2 aromatic carbocycles. The lowest BCUT2D eigenvalue weighted by molar-refractivity contribution is -0.133. The standard InChI is InChI=1S/C23H30FN3O3S/c1-17(2)16-22(25-31(29,30)21-10-4-18(3)5-11-21)23(28)27-14-12-26(13-15-27)20-8-6-19(24)7-9-20/h4-11,17,22,25H,12-16H2,1-3H3. The fourth-order valence-electron chi connectivity index (χ4n) is 3.70. The van der Waals surface area contributed by atoms with Crippen molar-refractivity contribution in [3.63, 3.8) is 0 Å². The molecule has 1 heterocycles. The molecule has 2 aromatic rings. The molecule has 1 N–H and O–H groups in total. The smallest absolute Gasteiger partial charge is 0.241 e. The first-order valence-corrected chi connectivity index (χ1v) is 12.0. The van der Waals surface area contributed by atoms with E-state index in [4.69, 9.17) is 0 Å². The zero-order valence-corrected chi connectivity index (χ0v) is 19.0. The molecular formula is C23H30FN3O3S. The maximum absolute atomic E-state index is 13.2. The van der Waals surface area contributed by atoms with Crippen molar-refractivity contribution in [1.82, 2.24) is 9.62 Å². The van der Waals surface area contributed by atoms with Gasteiger partial charge in [-0.05, 0) is 55.7 Å². The van der Waals surface area contributed by atoms with Crippen LogP contribution < -0.4 is 9.62 Å². The van der Waals surface area contributed by atoms with E-state index in [1.54, 1.807) is 41.3 Å². The minimum absolute atomic E-state index is 0.148.